The molecule has 0 saturated carbocycles. The van der Waals surface area contributed by atoms with Crippen molar-refractivity contribution in [1.29, 1.82) is 0 Å². The molecule has 2 amide bonds. The molecule has 0 saturated heterocycles. The van der Waals surface area contributed by atoms with Crippen molar-refractivity contribution in [1.82, 2.24) is 0 Å². The molecule has 2 aliphatic heterocycles. The molecule has 0 aromatic heterocycles. The molecule has 4 rings (SSSR count). The Morgan fingerprint density at radius 1 is 1.17 bits per heavy atom. The number of carbonyl (C=O) groups is 2. The van der Waals surface area contributed by atoms with Crippen LogP contribution in [0.5, 0.6) is 0 Å². The molecule has 0 bridgehead atoms. The minimum absolute atomic E-state index is 0.425. The molecule has 2 aliphatic rings. The van der Waals surface area contributed by atoms with Gasteiger partial charge in [0.1, 0.15) is 6.04 Å². The average molecular weight is 303 g/mol. The van der Waals surface area contributed by atoms with E-state index in [0.717, 1.165) is 16.7 Å². The SMILES string of the molecule is NC(=O)[C@@H]1Cc2cccc3c2N1C(=O)[C]N=C3c1ccccc1. The largest absolute Gasteiger partial charge is 0.368 e. The van der Waals surface area contributed by atoms with Gasteiger partial charge in [-0.15, -0.1) is 0 Å². The van der Waals surface area contributed by atoms with Gasteiger partial charge in [-0.25, -0.2) is 0 Å². The second kappa shape index (κ2) is 5.05. The van der Waals surface area contributed by atoms with E-state index in [4.69, 9.17) is 5.73 Å². The van der Waals surface area contributed by atoms with Crippen molar-refractivity contribution in [3.8, 4) is 0 Å². The molecule has 0 unspecified atom stereocenters. The van der Waals surface area contributed by atoms with E-state index >= 15 is 0 Å². The number of carbonyl (C=O) groups excluding carboxylic acids is 2. The van der Waals surface area contributed by atoms with Crippen molar-refractivity contribution in [2.75, 3.05) is 4.90 Å². The van der Waals surface area contributed by atoms with E-state index in [0.29, 0.717) is 17.8 Å². The van der Waals surface area contributed by atoms with Crippen LogP contribution in [0.1, 0.15) is 16.7 Å². The smallest absolute Gasteiger partial charge is 0.262 e. The molecule has 5 heteroatoms. The van der Waals surface area contributed by atoms with E-state index in [2.05, 4.69) is 11.5 Å². The average Bonchev–Trinajstić information content (AvgIpc) is 2.89. The monoisotopic (exact) mass is 303 g/mol. The van der Waals surface area contributed by atoms with Crippen molar-refractivity contribution in [2.24, 2.45) is 10.7 Å². The number of anilines is 1. The number of benzene rings is 2. The third-order valence-corrected chi connectivity index (χ3v) is 4.20. The number of nitrogens with two attached hydrogens (primary N) is 1. The Morgan fingerprint density at radius 2 is 1.96 bits per heavy atom. The zero-order valence-corrected chi connectivity index (χ0v) is 12.2. The van der Waals surface area contributed by atoms with E-state index in [1.165, 1.54) is 4.90 Å². The molecular formula is C18H13N3O2. The molecule has 2 N–H and O–H groups in total. The van der Waals surface area contributed by atoms with Gasteiger partial charge in [-0.1, -0.05) is 48.5 Å². The first-order valence-corrected chi connectivity index (χ1v) is 7.30. The Bertz CT molecular complexity index is 843. The predicted molar refractivity (Wildman–Crippen MR) is 85.9 cm³/mol. The fourth-order valence-corrected chi connectivity index (χ4v) is 3.19. The highest BCUT2D eigenvalue weighted by Gasteiger charge is 2.41. The third-order valence-electron chi connectivity index (χ3n) is 4.20. The summed E-state index contributed by atoms with van der Waals surface area (Å²) >= 11 is 0. The molecule has 0 aliphatic carbocycles. The highest BCUT2D eigenvalue weighted by molar-refractivity contribution is 6.22. The van der Waals surface area contributed by atoms with Crippen LogP contribution in [0, 0.1) is 6.54 Å². The molecule has 1 atom stereocenters. The number of aliphatic imine (C=N–C) groups is 1. The van der Waals surface area contributed by atoms with Crippen LogP contribution in [-0.4, -0.2) is 23.6 Å². The van der Waals surface area contributed by atoms with Gasteiger partial charge < -0.3 is 5.73 Å². The lowest BCUT2D eigenvalue weighted by atomic mass is 9.98. The molecule has 2 radical (unpaired) electrons. The van der Waals surface area contributed by atoms with Crippen molar-refractivity contribution in [3.05, 3.63) is 71.8 Å². The Hall–Kier alpha value is -2.95. The van der Waals surface area contributed by atoms with Gasteiger partial charge in [-0.3, -0.25) is 19.5 Å². The van der Waals surface area contributed by atoms with Crippen LogP contribution in [0.3, 0.4) is 0 Å². The van der Waals surface area contributed by atoms with Gasteiger partial charge >= 0.3 is 0 Å². The molecule has 2 aromatic carbocycles. The van der Waals surface area contributed by atoms with Crippen molar-refractivity contribution < 1.29 is 9.59 Å². The Morgan fingerprint density at radius 3 is 2.70 bits per heavy atom. The highest BCUT2D eigenvalue weighted by Crippen LogP contribution is 2.38. The topological polar surface area (TPSA) is 75.8 Å². The summed E-state index contributed by atoms with van der Waals surface area (Å²) < 4.78 is 0. The first kappa shape index (κ1) is 13.7. The van der Waals surface area contributed by atoms with Crippen LogP contribution in [-0.2, 0) is 16.0 Å². The maximum absolute atomic E-state index is 12.4. The lowest BCUT2D eigenvalue weighted by molar-refractivity contribution is -0.122. The Kier molecular flexibility index (Phi) is 3.01. The number of nitrogens with zero attached hydrogens (tertiary/aromatic N) is 2. The fourth-order valence-electron chi connectivity index (χ4n) is 3.19. The number of para-hydroxylation sites is 1. The summed E-state index contributed by atoms with van der Waals surface area (Å²) in [7, 11) is 0. The number of rotatable bonds is 2. The normalized spacial score (nSPS) is 19.1. The van der Waals surface area contributed by atoms with Gasteiger partial charge in [0.2, 0.25) is 12.5 Å². The van der Waals surface area contributed by atoms with Crippen molar-refractivity contribution in [3.63, 3.8) is 0 Å². The molecule has 23 heavy (non-hydrogen) atoms. The van der Waals surface area contributed by atoms with Crippen LogP contribution in [0.4, 0.5) is 5.69 Å². The standard InChI is InChI=1S/C18H13N3O2/c19-18(23)14-9-12-7-4-8-13-16(11-5-2-1-3-6-11)20-10-15(22)21(14)17(12)13/h1-8,14H,9H2,(H2,19,23)/t14-/m0/s1. The van der Waals surface area contributed by atoms with Gasteiger partial charge in [0, 0.05) is 17.5 Å². The second-order valence-corrected chi connectivity index (χ2v) is 5.55. The van der Waals surface area contributed by atoms with Gasteiger partial charge in [-0.2, -0.15) is 0 Å². The minimum atomic E-state index is -0.684. The van der Waals surface area contributed by atoms with E-state index in [1.54, 1.807) is 0 Å². The summed E-state index contributed by atoms with van der Waals surface area (Å²) in [5.41, 5.74) is 9.50. The number of hydrogen-bond donors (Lipinski definition) is 1. The fraction of sp³-hybridized carbons (Fsp3) is 0.111. The first-order chi connectivity index (χ1) is 11.2. The van der Waals surface area contributed by atoms with Crippen LogP contribution in [0.15, 0.2) is 53.5 Å². The van der Waals surface area contributed by atoms with E-state index in [9.17, 15) is 9.59 Å². The van der Waals surface area contributed by atoms with Crippen LogP contribution < -0.4 is 10.6 Å². The summed E-state index contributed by atoms with van der Waals surface area (Å²) in [5.74, 6) is -0.962. The maximum Gasteiger partial charge on any atom is 0.262 e. The quantitative estimate of drug-likeness (QED) is 0.908. The summed E-state index contributed by atoms with van der Waals surface area (Å²) in [5, 5.41) is 0. The Labute approximate surface area is 133 Å². The molecule has 2 aromatic rings. The van der Waals surface area contributed by atoms with E-state index in [-0.39, 0.29) is 0 Å². The first-order valence-electron chi connectivity index (χ1n) is 7.30. The maximum atomic E-state index is 12.4. The van der Waals surface area contributed by atoms with E-state index in [1.807, 2.05) is 48.5 Å². The molecule has 0 fully saturated rings. The summed E-state index contributed by atoms with van der Waals surface area (Å²) in [6.45, 7) is 2.53. The Balaban J connectivity index is 1.94. The third kappa shape index (κ3) is 2.04. The number of hydrogen-bond acceptors (Lipinski definition) is 3. The lowest BCUT2D eigenvalue weighted by Crippen LogP contribution is -2.46. The highest BCUT2D eigenvalue weighted by atomic mass is 16.2. The van der Waals surface area contributed by atoms with Crippen molar-refractivity contribution in [2.45, 2.75) is 12.5 Å². The van der Waals surface area contributed by atoms with Crippen LogP contribution in [0.2, 0.25) is 0 Å². The zero-order chi connectivity index (χ0) is 16.0. The molecular weight excluding hydrogens is 290 g/mol. The van der Waals surface area contributed by atoms with Gasteiger partial charge in [-0.05, 0) is 5.56 Å². The molecule has 0 spiro atoms. The van der Waals surface area contributed by atoms with Crippen molar-refractivity contribution >= 4 is 23.2 Å². The lowest BCUT2D eigenvalue weighted by Gasteiger charge is -2.22. The van der Waals surface area contributed by atoms with Gasteiger partial charge in [0.25, 0.3) is 5.91 Å². The summed E-state index contributed by atoms with van der Waals surface area (Å²) in [6, 6.07) is 14.7. The van der Waals surface area contributed by atoms with Crippen LogP contribution in [0.25, 0.3) is 0 Å². The molecule has 5 nitrogen and oxygen atoms in total. The van der Waals surface area contributed by atoms with Gasteiger partial charge in [0.05, 0.1) is 11.4 Å². The minimum Gasteiger partial charge on any atom is -0.368 e. The predicted octanol–water partition coefficient (Wildman–Crippen LogP) is 1.32. The van der Waals surface area contributed by atoms with Gasteiger partial charge in [0.15, 0.2) is 0 Å². The number of primary amides is 1. The second-order valence-electron chi connectivity index (χ2n) is 5.55. The molecule has 112 valence electrons. The van der Waals surface area contributed by atoms with Crippen LogP contribution >= 0.6 is 0 Å². The number of amides is 2. The molecule has 2 heterocycles. The zero-order valence-electron chi connectivity index (χ0n) is 12.2. The summed E-state index contributed by atoms with van der Waals surface area (Å²) in [4.78, 5) is 29.9. The van der Waals surface area contributed by atoms with E-state index < -0.39 is 17.9 Å². The summed E-state index contributed by atoms with van der Waals surface area (Å²) in [6.07, 6.45) is 0.425.